The average molecular weight is 509 g/mol. The number of anilines is 2. The van der Waals surface area contributed by atoms with E-state index in [2.05, 4.69) is 21.2 Å². The first kappa shape index (κ1) is 24.2. The summed E-state index contributed by atoms with van der Waals surface area (Å²) in [6.45, 7) is 5.35. The Morgan fingerprint density at radius 3 is 2.37 bits per heavy atom. The molecule has 0 unspecified atom stereocenters. The first-order chi connectivity index (χ1) is 18.7. The summed E-state index contributed by atoms with van der Waals surface area (Å²) in [4.78, 5) is 31.3. The first-order valence-electron chi connectivity index (χ1n) is 13.4. The highest BCUT2D eigenvalue weighted by molar-refractivity contribution is 6.47. The minimum absolute atomic E-state index is 0.492. The van der Waals surface area contributed by atoms with E-state index in [0.29, 0.717) is 11.4 Å². The second-order valence-corrected chi connectivity index (χ2v) is 10.0. The van der Waals surface area contributed by atoms with E-state index in [0.717, 1.165) is 86.8 Å². The van der Waals surface area contributed by atoms with E-state index in [1.54, 1.807) is 6.26 Å². The Morgan fingerprint density at radius 1 is 0.842 bits per heavy atom. The van der Waals surface area contributed by atoms with Crippen LogP contribution in [0.15, 0.2) is 83.5 Å². The molecule has 0 saturated carbocycles. The predicted octanol–water partition coefficient (Wildman–Crippen LogP) is 5.23. The van der Waals surface area contributed by atoms with Gasteiger partial charge in [-0.15, -0.1) is 0 Å². The third-order valence-corrected chi connectivity index (χ3v) is 7.58. The van der Waals surface area contributed by atoms with Gasteiger partial charge in [0.25, 0.3) is 11.7 Å². The van der Waals surface area contributed by atoms with E-state index in [1.165, 1.54) is 0 Å². The van der Waals surface area contributed by atoms with Crippen LogP contribution in [-0.2, 0) is 24.3 Å². The minimum Gasteiger partial charge on any atom is -0.468 e. The maximum Gasteiger partial charge on any atom is 0.298 e. The summed E-state index contributed by atoms with van der Waals surface area (Å²) in [5.41, 5.74) is 5.14. The van der Waals surface area contributed by atoms with Crippen molar-refractivity contribution in [3.05, 3.63) is 96.2 Å². The Hall–Kier alpha value is -4.10. The van der Waals surface area contributed by atoms with Gasteiger partial charge >= 0.3 is 0 Å². The lowest BCUT2D eigenvalue weighted by molar-refractivity contribution is -0.112. The van der Waals surface area contributed by atoms with Gasteiger partial charge in [-0.3, -0.25) is 14.5 Å². The zero-order valence-electron chi connectivity index (χ0n) is 21.4. The van der Waals surface area contributed by atoms with Crippen molar-refractivity contribution in [3.63, 3.8) is 0 Å². The smallest absolute Gasteiger partial charge is 0.298 e. The average Bonchev–Trinajstić information content (AvgIpc) is 3.62. The van der Waals surface area contributed by atoms with Crippen LogP contribution in [0.2, 0.25) is 0 Å². The Morgan fingerprint density at radius 2 is 1.63 bits per heavy atom. The number of ketones is 1. The second kappa shape index (κ2) is 10.7. The van der Waals surface area contributed by atoms with Gasteiger partial charge in [-0.05, 0) is 67.3 Å². The molecule has 0 spiro atoms. The number of rotatable bonds is 7. The van der Waals surface area contributed by atoms with Gasteiger partial charge in [-0.2, -0.15) is 0 Å². The first-order valence-corrected chi connectivity index (χ1v) is 13.4. The van der Waals surface area contributed by atoms with Crippen LogP contribution in [0.4, 0.5) is 11.4 Å². The summed E-state index contributed by atoms with van der Waals surface area (Å²) < 4.78 is 7.52. The number of Topliss-reactive ketones (excluding diaryl/α,β-unsaturated/α-hetero) is 1. The number of furan rings is 1. The highest BCUT2D eigenvalue weighted by Crippen LogP contribution is 2.31. The predicted molar refractivity (Wildman–Crippen MR) is 148 cm³/mol. The van der Waals surface area contributed by atoms with E-state index >= 15 is 0 Å². The van der Waals surface area contributed by atoms with Crippen molar-refractivity contribution in [1.82, 2.24) is 9.47 Å². The van der Waals surface area contributed by atoms with E-state index < -0.39 is 11.7 Å². The van der Waals surface area contributed by atoms with E-state index in [1.807, 2.05) is 71.3 Å². The third kappa shape index (κ3) is 5.02. The molecule has 2 aliphatic rings. The Balaban J connectivity index is 1.12. The SMILES string of the molecule is O=C(Nc1ccc(N2CCN(Cc3ccco3)CC2)cc1)C(=O)c1c(-c2ccccc2)cc2n1CCCC2. The van der Waals surface area contributed by atoms with Crippen molar-refractivity contribution in [2.75, 3.05) is 36.4 Å². The molecule has 1 amide bonds. The van der Waals surface area contributed by atoms with Crippen LogP contribution in [0, 0.1) is 0 Å². The number of aromatic nitrogens is 1. The number of carbonyl (C=O) groups excluding carboxylic acids is 2. The molecule has 1 saturated heterocycles. The molecule has 0 aliphatic carbocycles. The number of benzene rings is 2. The third-order valence-electron chi connectivity index (χ3n) is 7.58. The molecule has 38 heavy (non-hydrogen) atoms. The van der Waals surface area contributed by atoms with Gasteiger partial charge in [0.2, 0.25) is 0 Å². The van der Waals surface area contributed by atoms with Crippen LogP contribution >= 0.6 is 0 Å². The molecule has 1 fully saturated rings. The van der Waals surface area contributed by atoms with E-state index in [-0.39, 0.29) is 0 Å². The van der Waals surface area contributed by atoms with Crippen LogP contribution in [-0.4, -0.2) is 47.3 Å². The minimum atomic E-state index is -0.604. The van der Waals surface area contributed by atoms with Gasteiger partial charge in [0, 0.05) is 55.4 Å². The van der Waals surface area contributed by atoms with Crippen molar-refractivity contribution in [2.45, 2.75) is 32.4 Å². The molecule has 4 aromatic rings. The zero-order valence-corrected chi connectivity index (χ0v) is 21.4. The number of aryl methyl sites for hydroxylation is 1. The Bertz CT molecular complexity index is 1400. The second-order valence-electron chi connectivity index (χ2n) is 10.0. The topological polar surface area (TPSA) is 70.7 Å². The number of amides is 1. The van der Waals surface area contributed by atoms with Gasteiger partial charge in [-0.25, -0.2) is 0 Å². The van der Waals surface area contributed by atoms with Crippen LogP contribution in [0.1, 0.15) is 34.8 Å². The maximum absolute atomic E-state index is 13.5. The maximum atomic E-state index is 13.5. The molecule has 0 atom stereocenters. The lowest BCUT2D eigenvalue weighted by Gasteiger charge is -2.35. The van der Waals surface area contributed by atoms with Crippen molar-refractivity contribution in [1.29, 1.82) is 0 Å². The van der Waals surface area contributed by atoms with Crippen LogP contribution in [0.5, 0.6) is 0 Å². The summed E-state index contributed by atoms with van der Waals surface area (Å²) in [5, 5.41) is 2.84. The van der Waals surface area contributed by atoms with Crippen molar-refractivity contribution in [2.24, 2.45) is 0 Å². The molecule has 2 aliphatic heterocycles. The molecule has 2 aromatic carbocycles. The summed E-state index contributed by atoms with van der Waals surface area (Å²) in [6.07, 6.45) is 4.75. The normalized spacial score (nSPS) is 15.7. The summed E-state index contributed by atoms with van der Waals surface area (Å²) in [7, 11) is 0. The van der Waals surface area contributed by atoms with E-state index in [4.69, 9.17) is 4.42 Å². The monoisotopic (exact) mass is 508 g/mol. The molecule has 7 nitrogen and oxygen atoms in total. The summed E-state index contributed by atoms with van der Waals surface area (Å²) in [6, 6.07) is 23.7. The molecule has 6 rings (SSSR count). The fourth-order valence-electron chi connectivity index (χ4n) is 5.56. The van der Waals surface area contributed by atoms with Gasteiger partial charge in [0.1, 0.15) is 11.5 Å². The van der Waals surface area contributed by atoms with Gasteiger partial charge < -0.3 is 19.2 Å². The van der Waals surface area contributed by atoms with Crippen LogP contribution < -0.4 is 10.2 Å². The molecule has 0 radical (unpaired) electrons. The molecular weight excluding hydrogens is 476 g/mol. The molecular formula is C31H32N4O3. The molecule has 0 bridgehead atoms. The molecule has 4 heterocycles. The lowest BCUT2D eigenvalue weighted by atomic mass is 10.0. The number of fused-ring (bicyclic) bond motifs is 1. The fourth-order valence-corrected chi connectivity index (χ4v) is 5.56. The molecule has 2 aromatic heterocycles. The van der Waals surface area contributed by atoms with Gasteiger partial charge in [0.15, 0.2) is 0 Å². The fraction of sp³-hybridized carbons (Fsp3) is 0.290. The largest absolute Gasteiger partial charge is 0.468 e. The quantitative estimate of drug-likeness (QED) is 0.274. The number of nitrogens with one attached hydrogen (secondary N) is 1. The van der Waals surface area contributed by atoms with Crippen LogP contribution in [0.25, 0.3) is 11.1 Å². The zero-order chi connectivity index (χ0) is 25.9. The number of hydrogen-bond donors (Lipinski definition) is 1. The van der Waals surface area contributed by atoms with Crippen molar-refractivity contribution >= 4 is 23.1 Å². The molecule has 1 N–H and O–H groups in total. The molecule has 7 heteroatoms. The number of hydrogen-bond acceptors (Lipinski definition) is 5. The van der Waals surface area contributed by atoms with Crippen LogP contribution in [0.3, 0.4) is 0 Å². The lowest BCUT2D eigenvalue weighted by Crippen LogP contribution is -2.45. The number of nitrogens with zero attached hydrogens (tertiary/aromatic N) is 3. The Labute approximate surface area is 222 Å². The summed E-state index contributed by atoms with van der Waals surface area (Å²) in [5.74, 6) is -0.105. The highest BCUT2D eigenvalue weighted by atomic mass is 16.3. The van der Waals surface area contributed by atoms with E-state index in [9.17, 15) is 9.59 Å². The van der Waals surface area contributed by atoms with Gasteiger partial charge in [0.05, 0.1) is 12.8 Å². The molecule has 194 valence electrons. The summed E-state index contributed by atoms with van der Waals surface area (Å²) >= 11 is 0. The highest BCUT2D eigenvalue weighted by Gasteiger charge is 2.28. The standard InChI is InChI=1S/C31H32N4O3/c36-30(29-28(23-7-2-1-3-8-23)21-26-9-4-5-15-35(26)29)31(37)32-24-11-13-25(14-12-24)34-18-16-33(17-19-34)22-27-10-6-20-38-27/h1-3,6-8,10-14,20-21H,4-5,9,15-19,22H2,(H,32,37). The van der Waals surface area contributed by atoms with Crippen molar-refractivity contribution in [3.8, 4) is 11.1 Å². The number of carbonyl (C=O) groups is 2. The van der Waals surface area contributed by atoms with Crippen molar-refractivity contribution < 1.29 is 14.0 Å². The Kier molecular flexibility index (Phi) is 6.84. The van der Waals surface area contributed by atoms with Gasteiger partial charge in [-0.1, -0.05) is 30.3 Å². The number of piperazine rings is 1.